The highest BCUT2D eigenvalue weighted by molar-refractivity contribution is 6.01. The van der Waals surface area contributed by atoms with E-state index in [-0.39, 0.29) is 24.2 Å². The molecule has 0 saturated carbocycles. The predicted molar refractivity (Wildman–Crippen MR) is 182 cm³/mol. The number of nitrogens with zero attached hydrogens (tertiary/aromatic N) is 5. The molecule has 2 aromatic heterocycles. The number of hydrogen-bond acceptors (Lipinski definition) is 7. The van der Waals surface area contributed by atoms with Crippen molar-refractivity contribution in [2.75, 3.05) is 44.6 Å². The number of likely N-dealkylation sites (tertiary alicyclic amines) is 1. The second-order valence-corrected chi connectivity index (χ2v) is 12.2. The first-order valence-corrected chi connectivity index (χ1v) is 16.2. The van der Waals surface area contributed by atoms with Crippen molar-refractivity contribution in [1.29, 1.82) is 0 Å². The quantitative estimate of drug-likeness (QED) is 0.216. The minimum atomic E-state index is -1.08. The molecule has 2 amide bonds. The van der Waals surface area contributed by atoms with E-state index >= 15 is 0 Å². The summed E-state index contributed by atoms with van der Waals surface area (Å²) in [5.41, 5.74) is 5.07. The van der Waals surface area contributed by atoms with Crippen LogP contribution in [0.1, 0.15) is 25.3 Å². The summed E-state index contributed by atoms with van der Waals surface area (Å²) in [5.74, 6) is 0.160. The number of carbonyl (C=O) groups excluding carboxylic acids is 2. The Morgan fingerprint density at radius 1 is 0.979 bits per heavy atom. The molecular formula is C37H36FN7O3. The van der Waals surface area contributed by atoms with E-state index < -0.39 is 5.60 Å². The zero-order chi connectivity index (χ0) is 33.1. The Morgan fingerprint density at radius 2 is 1.73 bits per heavy atom. The SMILES string of the molecule is CCOC1(C(=O)Nc2ccc3[nH]nc(-c4ccc(F)cc4)c3c2)CCN(CC(=O)N2CC=C(c3ccc(-c4ncccn4)cc3)CC2)C1. The Balaban J connectivity index is 0.974. The van der Waals surface area contributed by atoms with Gasteiger partial charge in [0.05, 0.1) is 17.8 Å². The Kier molecular flexibility index (Phi) is 8.79. The van der Waals surface area contributed by atoms with Crippen LogP contribution in [0.5, 0.6) is 0 Å². The second kappa shape index (κ2) is 13.5. The van der Waals surface area contributed by atoms with E-state index in [1.807, 2.05) is 47.1 Å². The lowest BCUT2D eigenvalue weighted by atomic mass is 9.98. The molecule has 4 heterocycles. The maximum atomic E-state index is 13.8. The van der Waals surface area contributed by atoms with Gasteiger partial charge in [0.1, 0.15) is 5.82 Å². The summed E-state index contributed by atoms with van der Waals surface area (Å²) < 4.78 is 19.6. The minimum Gasteiger partial charge on any atom is -0.364 e. The maximum absolute atomic E-state index is 13.8. The van der Waals surface area contributed by atoms with E-state index in [4.69, 9.17) is 4.74 Å². The van der Waals surface area contributed by atoms with Crippen molar-refractivity contribution in [3.8, 4) is 22.6 Å². The number of ether oxygens (including phenoxy) is 1. The van der Waals surface area contributed by atoms with Crippen LogP contribution < -0.4 is 5.32 Å². The monoisotopic (exact) mass is 645 g/mol. The molecule has 10 nitrogen and oxygen atoms in total. The number of hydrogen-bond donors (Lipinski definition) is 2. The van der Waals surface area contributed by atoms with Gasteiger partial charge in [-0.15, -0.1) is 0 Å². The summed E-state index contributed by atoms with van der Waals surface area (Å²) in [6.07, 6.45) is 6.83. The smallest absolute Gasteiger partial charge is 0.258 e. The van der Waals surface area contributed by atoms with Crippen LogP contribution in [0.15, 0.2) is 91.3 Å². The summed E-state index contributed by atoms with van der Waals surface area (Å²) in [4.78, 5) is 39.6. The Hall–Kier alpha value is -5.26. The number of fused-ring (bicyclic) bond motifs is 1. The number of rotatable bonds is 9. The summed E-state index contributed by atoms with van der Waals surface area (Å²) in [6, 6.07) is 21.7. The van der Waals surface area contributed by atoms with E-state index in [1.54, 1.807) is 30.6 Å². The van der Waals surface area contributed by atoms with E-state index in [9.17, 15) is 14.0 Å². The highest BCUT2D eigenvalue weighted by atomic mass is 19.1. The Bertz CT molecular complexity index is 1960. The van der Waals surface area contributed by atoms with Crippen LogP contribution in [0, 0.1) is 5.82 Å². The van der Waals surface area contributed by atoms with Gasteiger partial charge in [0, 0.05) is 67.4 Å². The highest BCUT2D eigenvalue weighted by Gasteiger charge is 2.46. The zero-order valence-corrected chi connectivity index (χ0v) is 26.7. The fraction of sp³-hybridized carbons (Fsp3) is 0.270. The van der Waals surface area contributed by atoms with Gasteiger partial charge in [0.15, 0.2) is 11.4 Å². The van der Waals surface area contributed by atoms with E-state index in [0.29, 0.717) is 56.4 Å². The largest absolute Gasteiger partial charge is 0.364 e. The first-order chi connectivity index (χ1) is 23.4. The molecule has 1 fully saturated rings. The van der Waals surface area contributed by atoms with E-state index in [1.165, 1.54) is 17.7 Å². The van der Waals surface area contributed by atoms with Gasteiger partial charge in [0.25, 0.3) is 5.91 Å². The molecule has 7 rings (SSSR count). The highest BCUT2D eigenvalue weighted by Crippen LogP contribution is 2.32. The van der Waals surface area contributed by atoms with Crippen molar-refractivity contribution in [1.82, 2.24) is 30.0 Å². The molecule has 1 unspecified atom stereocenters. The van der Waals surface area contributed by atoms with Crippen molar-refractivity contribution < 1.29 is 18.7 Å². The number of nitrogens with one attached hydrogen (secondary N) is 2. The molecule has 11 heteroatoms. The van der Waals surface area contributed by atoms with Crippen LogP contribution in [0.2, 0.25) is 0 Å². The van der Waals surface area contributed by atoms with Gasteiger partial charge in [-0.2, -0.15) is 5.10 Å². The molecule has 0 spiro atoms. The van der Waals surface area contributed by atoms with Gasteiger partial charge in [0.2, 0.25) is 5.91 Å². The number of carbonyl (C=O) groups is 2. The predicted octanol–water partition coefficient (Wildman–Crippen LogP) is 5.56. The average molecular weight is 646 g/mol. The molecule has 48 heavy (non-hydrogen) atoms. The number of amides is 2. The first kappa shape index (κ1) is 31.3. The molecule has 3 aromatic carbocycles. The fourth-order valence-corrected chi connectivity index (χ4v) is 6.53. The fourth-order valence-electron chi connectivity index (χ4n) is 6.53. The van der Waals surface area contributed by atoms with Crippen molar-refractivity contribution in [2.45, 2.75) is 25.4 Å². The van der Waals surface area contributed by atoms with Crippen LogP contribution in [0.25, 0.3) is 39.1 Å². The van der Waals surface area contributed by atoms with E-state index in [2.05, 4.69) is 43.7 Å². The minimum absolute atomic E-state index is 0.0355. The second-order valence-electron chi connectivity index (χ2n) is 12.2. The molecule has 0 aliphatic carbocycles. The van der Waals surface area contributed by atoms with Crippen LogP contribution in [-0.4, -0.2) is 86.7 Å². The Morgan fingerprint density at radius 3 is 2.46 bits per heavy atom. The van der Waals surface area contributed by atoms with Gasteiger partial charge in [-0.25, -0.2) is 14.4 Å². The lowest BCUT2D eigenvalue weighted by molar-refractivity contribution is -0.140. The van der Waals surface area contributed by atoms with Crippen molar-refractivity contribution in [2.24, 2.45) is 0 Å². The number of H-pyrrole nitrogens is 1. The van der Waals surface area contributed by atoms with Gasteiger partial charge in [-0.05, 0) is 79.4 Å². The number of benzene rings is 3. The number of anilines is 1. The molecule has 2 aliphatic heterocycles. The molecule has 1 atom stereocenters. The van der Waals surface area contributed by atoms with Crippen LogP contribution in [0.3, 0.4) is 0 Å². The molecule has 2 aliphatic rings. The average Bonchev–Trinajstić information content (AvgIpc) is 3.74. The lowest BCUT2D eigenvalue weighted by Gasteiger charge is -2.30. The normalized spacial score (nSPS) is 18.2. The molecule has 2 N–H and O–H groups in total. The maximum Gasteiger partial charge on any atom is 0.258 e. The number of aromatic amines is 1. The Labute approximate surface area is 277 Å². The third-order valence-electron chi connectivity index (χ3n) is 9.08. The summed E-state index contributed by atoms with van der Waals surface area (Å²) >= 11 is 0. The first-order valence-electron chi connectivity index (χ1n) is 16.2. The number of aromatic nitrogens is 4. The van der Waals surface area contributed by atoms with Crippen LogP contribution in [-0.2, 0) is 14.3 Å². The van der Waals surface area contributed by atoms with Gasteiger partial charge in [-0.3, -0.25) is 19.6 Å². The van der Waals surface area contributed by atoms with Gasteiger partial charge < -0.3 is 15.0 Å². The number of halogens is 1. The molecule has 244 valence electrons. The van der Waals surface area contributed by atoms with Gasteiger partial charge in [-0.1, -0.05) is 30.3 Å². The van der Waals surface area contributed by atoms with Crippen molar-refractivity contribution >= 4 is 34.0 Å². The van der Waals surface area contributed by atoms with Crippen LogP contribution >= 0.6 is 0 Å². The van der Waals surface area contributed by atoms with Crippen LogP contribution in [0.4, 0.5) is 10.1 Å². The standard InChI is InChI=1S/C37H36FN7O3/c1-2-48-37(36(47)41-30-12-13-32-31(22-30)34(43-42-32)27-8-10-29(38)11-9-27)16-21-44(24-37)23-33(46)45-19-14-26(15-20-45)25-4-6-28(7-5-25)35-39-17-3-18-40-35/h3-14,17-18,22H,2,15-16,19-21,23-24H2,1H3,(H,41,47)(H,42,43). The van der Waals surface area contributed by atoms with Gasteiger partial charge >= 0.3 is 0 Å². The molecule has 0 radical (unpaired) electrons. The summed E-state index contributed by atoms with van der Waals surface area (Å²) in [7, 11) is 0. The third-order valence-corrected chi connectivity index (χ3v) is 9.08. The zero-order valence-electron chi connectivity index (χ0n) is 26.7. The topological polar surface area (TPSA) is 116 Å². The van der Waals surface area contributed by atoms with E-state index in [0.717, 1.165) is 34.0 Å². The van der Waals surface area contributed by atoms with Crippen molar-refractivity contribution in [3.05, 3.63) is 103 Å². The van der Waals surface area contributed by atoms with Crippen molar-refractivity contribution in [3.63, 3.8) is 0 Å². The molecule has 0 bridgehead atoms. The summed E-state index contributed by atoms with van der Waals surface area (Å²) in [6.45, 7) is 4.52. The summed E-state index contributed by atoms with van der Waals surface area (Å²) in [5, 5.41) is 11.3. The molecule has 1 saturated heterocycles. The lowest BCUT2D eigenvalue weighted by Crippen LogP contribution is -2.49. The molecule has 5 aromatic rings. The molecular weight excluding hydrogens is 609 g/mol. The third kappa shape index (κ3) is 6.47.